The van der Waals surface area contributed by atoms with Crippen molar-refractivity contribution in [2.24, 2.45) is 0 Å². The maximum absolute atomic E-state index is 8.94. The van der Waals surface area contributed by atoms with Gasteiger partial charge in [0.1, 0.15) is 0 Å². The highest BCUT2D eigenvalue weighted by Crippen LogP contribution is 2.19. The fourth-order valence-electron chi connectivity index (χ4n) is 2.07. The third-order valence-corrected chi connectivity index (χ3v) is 2.72. The van der Waals surface area contributed by atoms with Gasteiger partial charge in [-0.1, -0.05) is 36.4 Å². The Balaban J connectivity index is 2.52. The molecule has 0 radical (unpaired) electrons. The summed E-state index contributed by atoms with van der Waals surface area (Å²) in [6, 6.07) is 8.12. The van der Waals surface area contributed by atoms with Crippen LogP contribution in [0, 0.1) is 0 Å². The summed E-state index contributed by atoms with van der Waals surface area (Å²) < 4.78 is 0. The Bertz CT molecular complexity index is 669. The Morgan fingerprint density at radius 2 is 2.00 bits per heavy atom. The summed E-state index contributed by atoms with van der Waals surface area (Å²) in [5.41, 5.74) is 11.7. The molecule has 0 spiro atoms. The maximum atomic E-state index is 8.94. The van der Waals surface area contributed by atoms with Crippen LogP contribution in [0.1, 0.15) is 0 Å². The largest absolute Gasteiger partial charge is 0.361 e. The lowest BCUT2D eigenvalue weighted by molar-refractivity contribution is -0.000725. The zero-order chi connectivity index (χ0) is 10.3. The molecule has 0 fully saturated rings. The van der Waals surface area contributed by atoms with Gasteiger partial charge in [-0.2, -0.15) is 4.79 Å². The predicted molar refractivity (Wildman–Crippen MR) is 59.4 cm³/mol. The van der Waals surface area contributed by atoms with E-state index in [-0.39, 0.29) is 0 Å². The Morgan fingerprint density at radius 1 is 1.13 bits per heavy atom. The lowest BCUT2D eigenvalue weighted by atomic mass is 9.98. The number of hydrogen-bond donors (Lipinski definition) is 0. The molecule has 0 saturated heterocycles. The van der Waals surface area contributed by atoms with E-state index in [1.807, 2.05) is 36.4 Å². The Labute approximate surface area is 86.8 Å². The van der Waals surface area contributed by atoms with Crippen LogP contribution in [0.3, 0.4) is 0 Å². The van der Waals surface area contributed by atoms with Gasteiger partial charge >= 0.3 is 5.71 Å². The van der Waals surface area contributed by atoms with Crippen LogP contribution >= 0.6 is 0 Å². The molecule has 0 aliphatic heterocycles. The van der Waals surface area contributed by atoms with Gasteiger partial charge in [-0.25, -0.2) is 0 Å². The molecular weight excluding hydrogens is 184 g/mol. The number of fused-ring (bicyclic) bond motifs is 2. The van der Waals surface area contributed by atoms with Crippen molar-refractivity contribution in [2.45, 2.75) is 0 Å². The number of hydrogen-bond acceptors (Lipinski definition) is 0. The minimum atomic E-state index is 0.633. The summed E-state index contributed by atoms with van der Waals surface area (Å²) in [5, 5.41) is 2.32. The van der Waals surface area contributed by atoms with Crippen molar-refractivity contribution in [2.75, 3.05) is 0 Å². The molecule has 15 heavy (non-hydrogen) atoms. The van der Waals surface area contributed by atoms with Gasteiger partial charge in [-0.15, -0.1) is 0 Å². The number of allylic oxidation sites excluding steroid dienone is 4. The fraction of sp³-hybridized carbons (Fsp3) is 0. The van der Waals surface area contributed by atoms with Gasteiger partial charge in [0.2, 0.25) is 0 Å². The van der Waals surface area contributed by atoms with Crippen LogP contribution in [-0.2, 0) is 0 Å². The molecule has 0 unspecified atom stereocenters. The SMILES string of the molecule is [N-]=[N+]=C1C=CC=C2C=c3ccccc3=C21. The third kappa shape index (κ3) is 1.06. The molecule has 0 amide bonds. The minimum Gasteiger partial charge on any atom is -0.361 e. The average molecular weight is 192 g/mol. The van der Waals surface area contributed by atoms with Crippen LogP contribution in [-0.4, -0.2) is 10.5 Å². The lowest BCUT2D eigenvalue weighted by Crippen LogP contribution is -2.24. The fourth-order valence-corrected chi connectivity index (χ4v) is 2.07. The van der Waals surface area contributed by atoms with Crippen molar-refractivity contribution < 1.29 is 4.79 Å². The smallest absolute Gasteiger partial charge is 0.323 e. The van der Waals surface area contributed by atoms with Gasteiger partial charge in [-0.05, 0) is 22.1 Å². The van der Waals surface area contributed by atoms with Gasteiger partial charge < -0.3 is 5.53 Å². The molecule has 1 aromatic carbocycles. The molecule has 2 nitrogen and oxygen atoms in total. The first-order chi connectivity index (χ1) is 7.40. The molecule has 0 aromatic heterocycles. The molecule has 0 bridgehead atoms. The zero-order valence-electron chi connectivity index (χ0n) is 8.01. The van der Waals surface area contributed by atoms with Gasteiger partial charge in [0, 0.05) is 6.08 Å². The first kappa shape index (κ1) is 8.16. The van der Waals surface area contributed by atoms with Crippen molar-refractivity contribution in [3.8, 4) is 0 Å². The second-order valence-corrected chi connectivity index (χ2v) is 3.57. The first-order valence-electron chi connectivity index (χ1n) is 4.82. The van der Waals surface area contributed by atoms with Crippen LogP contribution in [0.5, 0.6) is 0 Å². The highest BCUT2D eigenvalue weighted by Gasteiger charge is 2.22. The summed E-state index contributed by atoms with van der Waals surface area (Å²) >= 11 is 0. The van der Waals surface area contributed by atoms with Crippen LogP contribution in [0.4, 0.5) is 0 Å². The number of benzene rings is 1. The predicted octanol–water partition coefficient (Wildman–Crippen LogP) is 0.798. The summed E-state index contributed by atoms with van der Waals surface area (Å²) in [7, 11) is 0. The highest BCUT2D eigenvalue weighted by molar-refractivity contribution is 6.30. The van der Waals surface area contributed by atoms with E-state index >= 15 is 0 Å². The second kappa shape index (κ2) is 2.91. The van der Waals surface area contributed by atoms with E-state index in [1.165, 1.54) is 5.22 Å². The van der Waals surface area contributed by atoms with Gasteiger partial charge in [-0.3, -0.25) is 0 Å². The third-order valence-electron chi connectivity index (χ3n) is 2.72. The number of rotatable bonds is 0. The summed E-state index contributed by atoms with van der Waals surface area (Å²) in [5.74, 6) is 0. The highest BCUT2D eigenvalue weighted by atomic mass is 14.9. The van der Waals surface area contributed by atoms with Gasteiger partial charge in [0.15, 0.2) is 0 Å². The second-order valence-electron chi connectivity index (χ2n) is 3.57. The van der Waals surface area contributed by atoms with Crippen molar-refractivity contribution >= 4 is 17.4 Å². The molecule has 0 N–H and O–H groups in total. The van der Waals surface area contributed by atoms with E-state index in [4.69, 9.17) is 5.53 Å². The molecule has 2 aliphatic rings. The molecule has 3 rings (SSSR count). The minimum absolute atomic E-state index is 0.633. The quantitative estimate of drug-likeness (QED) is 0.430. The van der Waals surface area contributed by atoms with Crippen LogP contribution in [0.2, 0.25) is 0 Å². The number of nitrogens with zero attached hydrogens (tertiary/aromatic N) is 2. The van der Waals surface area contributed by atoms with Crippen molar-refractivity contribution in [3.05, 3.63) is 64.0 Å². The Kier molecular flexibility index (Phi) is 1.58. The molecule has 2 aliphatic carbocycles. The maximum Gasteiger partial charge on any atom is 0.323 e. The standard InChI is InChI=1S/C13H8N2/c14-15-12-7-3-5-10-8-9-4-1-2-6-11(9)13(10)12/h1-8H. The molecule has 70 valence electrons. The molecule has 2 heteroatoms. The van der Waals surface area contributed by atoms with E-state index < -0.39 is 0 Å². The monoisotopic (exact) mass is 192 g/mol. The Hall–Kier alpha value is -2.18. The van der Waals surface area contributed by atoms with Gasteiger partial charge in [0.25, 0.3) is 0 Å². The van der Waals surface area contributed by atoms with Gasteiger partial charge in [0.05, 0.1) is 5.57 Å². The zero-order valence-corrected chi connectivity index (χ0v) is 8.01. The normalized spacial score (nSPS) is 16.4. The molecular formula is C13H8N2. The first-order valence-corrected chi connectivity index (χ1v) is 4.82. The van der Waals surface area contributed by atoms with E-state index in [0.717, 1.165) is 16.4 Å². The summed E-state index contributed by atoms with van der Waals surface area (Å²) in [6.07, 6.45) is 7.86. The Morgan fingerprint density at radius 3 is 2.87 bits per heavy atom. The average Bonchev–Trinajstić information content (AvgIpc) is 2.67. The van der Waals surface area contributed by atoms with E-state index in [0.29, 0.717) is 5.71 Å². The molecule has 0 atom stereocenters. The lowest BCUT2D eigenvalue weighted by Gasteiger charge is -2.00. The van der Waals surface area contributed by atoms with Crippen LogP contribution in [0.25, 0.3) is 17.2 Å². The summed E-state index contributed by atoms with van der Waals surface area (Å²) in [4.78, 5) is 3.32. The van der Waals surface area contributed by atoms with E-state index in [1.54, 1.807) is 0 Å². The molecule has 0 heterocycles. The van der Waals surface area contributed by atoms with E-state index in [9.17, 15) is 0 Å². The molecule has 0 saturated carbocycles. The van der Waals surface area contributed by atoms with Crippen molar-refractivity contribution in [1.29, 1.82) is 0 Å². The van der Waals surface area contributed by atoms with Crippen LogP contribution < -0.4 is 10.4 Å². The molecule has 1 aromatic rings. The van der Waals surface area contributed by atoms with Crippen molar-refractivity contribution in [1.82, 2.24) is 0 Å². The van der Waals surface area contributed by atoms with Crippen LogP contribution in [0.15, 0.2) is 48.1 Å². The van der Waals surface area contributed by atoms with E-state index in [2.05, 4.69) is 16.9 Å². The topological polar surface area (TPSA) is 36.4 Å². The van der Waals surface area contributed by atoms with Crippen molar-refractivity contribution in [3.63, 3.8) is 0 Å². The summed E-state index contributed by atoms with van der Waals surface area (Å²) in [6.45, 7) is 0.